The summed E-state index contributed by atoms with van der Waals surface area (Å²) in [6.45, 7) is 3.83. The first-order valence-corrected chi connectivity index (χ1v) is 5.77. The molecule has 5 heteroatoms. The number of ether oxygens (including phenoxy) is 1. The van der Waals surface area contributed by atoms with E-state index >= 15 is 0 Å². The Hall–Kier alpha value is -2.61. The third-order valence-corrected chi connectivity index (χ3v) is 2.34. The van der Waals surface area contributed by atoms with E-state index in [1.807, 2.05) is 13.8 Å². The van der Waals surface area contributed by atoms with Crippen LogP contribution < -0.4 is 4.74 Å². The van der Waals surface area contributed by atoms with Crippen LogP contribution in [0.15, 0.2) is 24.7 Å². The van der Waals surface area contributed by atoms with E-state index < -0.39 is 0 Å². The Morgan fingerprint density at radius 1 is 1.47 bits per heavy atom. The molecule has 0 saturated heterocycles. The van der Waals surface area contributed by atoms with E-state index in [9.17, 15) is 4.79 Å². The van der Waals surface area contributed by atoms with Crippen molar-refractivity contribution in [2.45, 2.75) is 20.0 Å². The predicted octanol–water partition coefficient (Wildman–Crippen LogP) is 1.85. The van der Waals surface area contributed by atoms with Gasteiger partial charge in [-0.05, 0) is 13.8 Å². The summed E-state index contributed by atoms with van der Waals surface area (Å²) in [6, 6.07) is 1.71. The third-order valence-electron chi connectivity index (χ3n) is 2.34. The Morgan fingerprint density at radius 2 is 2.26 bits per heavy atom. The van der Waals surface area contributed by atoms with Gasteiger partial charge in [-0.1, -0.05) is 5.92 Å². The van der Waals surface area contributed by atoms with Crippen LogP contribution in [0.4, 0.5) is 0 Å². The molecule has 0 spiro atoms. The van der Waals surface area contributed by atoms with Gasteiger partial charge in [0, 0.05) is 18.5 Å². The Labute approximate surface area is 111 Å². The van der Waals surface area contributed by atoms with Crippen molar-refractivity contribution in [3.8, 4) is 23.9 Å². The van der Waals surface area contributed by atoms with Gasteiger partial charge < -0.3 is 4.74 Å². The molecule has 96 valence electrons. The lowest BCUT2D eigenvalue weighted by Gasteiger charge is -2.12. The van der Waals surface area contributed by atoms with E-state index in [2.05, 4.69) is 16.0 Å². The van der Waals surface area contributed by atoms with Gasteiger partial charge in [0.2, 0.25) is 0 Å². The molecule has 19 heavy (non-hydrogen) atoms. The highest BCUT2D eigenvalue weighted by Gasteiger charge is 2.09. The van der Waals surface area contributed by atoms with Gasteiger partial charge in [0.25, 0.3) is 0 Å². The second kappa shape index (κ2) is 5.36. The maximum absolute atomic E-state index is 10.6. The molecule has 5 nitrogen and oxygen atoms in total. The highest BCUT2D eigenvalue weighted by Crippen LogP contribution is 2.21. The van der Waals surface area contributed by atoms with Crippen molar-refractivity contribution in [3.63, 3.8) is 0 Å². The zero-order valence-corrected chi connectivity index (χ0v) is 10.7. The minimum atomic E-state index is 0.00510. The summed E-state index contributed by atoms with van der Waals surface area (Å²) in [7, 11) is 0. The van der Waals surface area contributed by atoms with Crippen molar-refractivity contribution < 1.29 is 9.53 Å². The molecule has 0 unspecified atom stereocenters. The molecular formula is C14H13N3O2. The standard InChI is InChI=1S/C14H13N3O2/c1-4-12-7-15-14(5-13(12)19-10(2)3)17-8-11(9-18)6-16-17/h1,5-10H,2-3H3. The molecule has 2 aromatic rings. The minimum absolute atomic E-state index is 0.00510. The normalized spacial score (nSPS) is 10.2. The van der Waals surface area contributed by atoms with Crippen LogP contribution in [0.25, 0.3) is 5.82 Å². The minimum Gasteiger partial charge on any atom is -0.490 e. The summed E-state index contributed by atoms with van der Waals surface area (Å²) in [5.74, 6) is 3.64. The summed E-state index contributed by atoms with van der Waals surface area (Å²) in [5, 5.41) is 4.05. The number of carbonyl (C=O) groups excluding carboxylic acids is 1. The molecule has 0 radical (unpaired) electrons. The number of hydrogen-bond acceptors (Lipinski definition) is 4. The van der Waals surface area contributed by atoms with E-state index in [0.717, 1.165) is 6.29 Å². The number of aromatic nitrogens is 3. The molecule has 2 rings (SSSR count). The fourth-order valence-electron chi connectivity index (χ4n) is 1.53. The largest absolute Gasteiger partial charge is 0.490 e. The Morgan fingerprint density at radius 3 is 2.84 bits per heavy atom. The van der Waals surface area contributed by atoms with Crippen molar-refractivity contribution in [2.24, 2.45) is 0 Å². The zero-order chi connectivity index (χ0) is 13.8. The number of terminal acetylenes is 1. The van der Waals surface area contributed by atoms with Gasteiger partial charge in [-0.2, -0.15) is 5.10 Å². The topological polar surface area (TPSA) is 57.0 Å². The molecule has 0 saturated carbocycles. The number of rotatable bonds is 4. The lowest BCUT2D eigenvalue weighted by atomic mass is 10.2. The van der Waals surface area contributed by atoms with Gasteiger partial charge >= 0.3 is 0 Å². The molecule has 0 aliphatic rings. The third kappa shape index (κ3) is 2.80. The first-order valence-electron chi connectivity index (χ1n) is 5.77. The smallest absolute Gasteiger partial charge is 0.157 e. The van der Waals surface area contributed by atoms with Gasteiger partial charge in [-0.3, -0.25) is 4.79 Å². The van der Waals surface area contributed by atoms with E-state index in [1.54, 1.807) is 18.5 Å². The van der Waals surface area contributed by atoms with Crippen LogP contribution in [0.1, 0.15) is 29.8 Å². The summed E-state index contributed by atoms with van der Waals surface area (Å²) in [4.78, 5) is 14.8. The second-order valence-corrected chi connectivity index (χ2v) is 4.19. The maximum Gasteiger partial charge on any atom is 0.157 e. The fraction of sp³-hybridized carbons (Fsp3) is 0.214. The van der Waals surface area contributed by atoms with Crippen LogP contribution in [-0.2, 0) is 0 Å². The van der Waals surface area contributed by atoms with Crippen LogP contribution in [0.3, 0.4) is 0 Å². The Balaban J connectivity index is 2.42. The SMILES string of the molecule is C#Cc1cnc(-n2cc(C=O)cn2)cc1OC(C)C. The van der Waals surface area contributed by atoms with Gasteiger partial charge in [0.1, 0.15) is 5.75 Å². The monoisotopic (exact) mass is 255 g/mol. The lowest BCUT2D eigenvalue weighted by molar-refractivity contribution is 0.112. The number of nitrogens with zero attached hydrogens (tertiary/aromatic N) is 3. The van der Waals surface area contributed by atoms with Gasteiger partial charge in [-0.15, -0.1) is 6.42 Å². The summed E-state index contributed by atoms with van der Waals surface area (Å²) >= 11 is 0. The molecule has 0 fully saturated rings. The van der Waals surface area contributed by atoms with Crippen LogP contribution >= 0.6 is 0 Å². The van der Waals surface area contributed by atoms with Gasteiger partial charge in [0.05, 0.1) is 23.4 Å². The summed E-state index contributed by atoms with van der Waals surface area (Å²) in [5.41, 5.74) is 1.06. The fourth-order valence-corrected chi connectivity index (χ4v) is 1.53. The molecule has 0 aliphatic carbocycles. The average molecular weight is 255 g/mol. The van der Waals surface area contributed by atoms with E-state index in [4.69, 9.17) is 11.2 Å². The van der Waals surface area contributed by atoms with Crippen molar-refractivity contribution in [2.75, 3.05) is 0 Å². The first-order chi connectivity index (χ1) is 9.13. The van der Waals surface area contributed by atoms with Crippen LogP contribution in [0.5, 0.6) is 5.75 Å². The summed E-state index contributed by atoms with van der Waals surface area (Å²) < 4.78 is 7.14. The number of aldehydes is 1. The van der Waals surface area contributed by atoms with Gasteiger partial charge in [-0.25, -0.2) is 9.67 Å². The van der Waals surface area contributed by atoms with Crippen molar-refractivity contribution >= 4 is 6.29 Å². The second-order valence-electron chi connectivity index (χ2n) is 4.19. The van der Waals surface area contributed by atoms with Crippen molar-refractivity contribution in [1.82, 2.24) is 14.8 Å². The molecule has 0 N–H and O–H groups in total. The van der Waals surface area contributed by atoms with Gasteiger partial charge in [0.15, 0.2) is 12.1 Å². The Bertz CT molecular complexity index is 638. The molecule has 0 amide bonds. The molecule has 0 aliphatic heterocycles. The lowest BCUT2D eigenvalue weighted by Crippen LogP contribution is -2.08. The van der Waals surface area contributed by atoms with E-state index in [-0.39, 0.29) is 6.10 Å². The molecule has 0 bridgehead atoms. The van der Waals surface area contributed by atoms with Crippen LogP contribution in [0, 0.1) is 12.3 Å². The van der Waals surface area contributed by atoms with Crippen molar-refractivity contribution in [1.29, 1.82) is 0 Å². The number of hydrogen-bond donors (Lipinski definition) is 0. The predicted molar refractivity (Wildman–Crippen MR) is 70.4 cm³/mol. The van der Waals surface area contributed by atoms with E-state index in [0.29, 0.717) is 22.7 Å². The molecular weight excluding hydrogens is 242 g/mol. The summed E-state index contributed by atoms with van der Waals surface area (Å²) in [6.07, 6.45) is 10.7. The number of pyridine rings is 1. The maximum atomic E-state index is 10.6. The molecule has 2 aromatic heterocycles. The molecule has 0 aromatic carbocycles. The highest BCUT2D eigenvalue weighted by atomic mass is 16.5. The quantitative estimate of drug-likeness (QED) is 0.618. The van der Waals surface area contributed by atoms with E-state index in [1.165, 1.54) is 10.9 Å². The highest BCUT2D eigenvalue weighted by molar-refractivity contribution is 5.73. The number of carbonyl (C=O) groups is 1. The average Bonchev–Trinajstić information content (AvgIpc) is 2.86. The van der Waals surface area contributed by atoms with Crippen LogP contribution in [0.2, 0.25) is 0 Å². The van der Waals surface area contributed by atoms with Crippen LogP contribution in [-0.4, -0.2) is 27.2 Å². The molecule has 0 atom stereocenters. The first kappa shape index (κ1) is 12.8. The molecule has 2 heterocycles. The Kier molecular flexibility index (Phi) is 3.62. The zero-order valence-electron chi connectivity index (χ0n) is 10.7. The van der Waals surface area contributed by atoms with Crippen molar-refractivity contribution in [3.05, 3.63) is 35.8 Å².